The van der Waals surface area contributed by atoms with Crippen molar-refractivity contribution in [1.82, 2.24) is 4.90 Å². The van der Waals surface area contributed by atoms with Crippen molar-refractivity contribution in [3.63, 3.8) is 0 Å². The third-order valence-corrected chi connectivity index (χ3v) is 3.96. The largest absolute Gasteiger partial charge is 0.363 e. The topological polar surface area (TPSA) is 3.24 Å². The highest BCUT2D eigenvalue weighted by Crippen LogP contribution is 2.30. The summed E-state index contributed by atoms with van der Waals surface area (Å²) in [4.78, 5) is 2.52. The van der Waals surface area contributed by atoms with E-state index < -0.39 is 0 Å². The summed E-state index contributed by atoms with van der Waals surface area (Å²) in [5.74, 6) is 0. The fourth-order valence-corrected chi connectivity index (χ4v) is 2.82. The van der Waals surface area contributed by atoms with Gasteiger partial charge in [0.1, 0.15) is 0 Å². The quantitative estimate of drug-likeness (QED) is 0.608. The highest BCUT2D eigenvalue weighted by atomic mass is 32.2. The van der Waals surface area contributed by atoms with Gasteiger partial charge < -0.3 is 4.90 Å². The van der Waals surface area contributed by atoms with Crippen LogP contribution in [0.1, 0.15) is 52.9 Å². The molecular weight excluding hydrogens is 190 g/mol. The van der Waals surface area contributed by atoms with Gasteiger partial charge in [-0.3, -0.25) is 0 Å². The van der Waals surface area contributed by atoms with Crippen LogP contribution in [0.2, 0.25) is 0 Å². The third-order valence-electron chi connectivity index (χ3n) is 2.83. The fourth-order valence-electron chi connectivity index (χ4n) is 1.87. The maximum absolute atomic E-state index is 2.52. The first-order valence-corrected chi connectivity index (χ1v) is 6.79. The first-order chi connectivity index (χ1) is 6.75. The van der Waals surface area contributed by atoms with Gasteiger partial charge in [0, 0.05) is 12.2 Å². The van der Waals surface area contributed by atoms with Gasteiger partial charge in [0.05, 0.1) is 5.37 Å². The smallest absolute Gasteiger partial charge is 0.0760 e. The third kappa shape index (κ3) is 3.56. The summed E-state index contributed by atoms with van der Waals surface area (Å²) < 4.78 is 0. The van der Waals surface area contributed by atoms with Gasteiger partial charge in [-0.25, -0.2) is 0 Å². The molecule has 0 aromatic carbocycles. The van der Waals surface area contributed by atoms with Crippen molar-refractivity contribution in [3.8, 4) is 0 Å². The van der Waals surface area contributed by atoms with Crippen molar-refractivity contribution in [2.75, 3.05) is 6.54 Å². The summed E-state index contributed by atoms with van der Waals surface area (Å²) in [6, 6.07) is 0. The van der Waals surface area contributed by atoms with Crippen LogP contribution in [0.5, 0.6) is 0 Å². The first kappa shape index (κ1) is 12.0. The van der Waals surface area contributed by atoms with E-state index >= 15 is 0 Å². The summed E-state index contributed by atoms with van der Waals surface area (Å²) in [6.45, 7) is 8.04. The van der Waals surface area contributed by atoms with Crippen LogP contribution in [-0.2, 0) is 0 Å². The van der Waals surface area contributed by atoms with Crippen LogP contribution in [0.25, 0.3) is 0 Å². The molecule has 82 valence electrons. The Balaban J connectivity index is 2.09. The van der Waals surface area contributed by atoms with Crippen molar-refractivity contribution in [1.29, 1.82) is 0 Å². The summed E-state index contributed by atoms with van der Waals surface area (Å²) >= 11 is 1.95. The second kappa shape index (κ2) is 6.39. The van der Waals surface area contributed by atoms with Crippen LogP contribution >= 0.6 is 11.8 Å². The first-order valence-electron chi connectivity index (χ1n) is 5.84. The second-order valence-electron chi connectivity index (χ2n) is 4.10. The zero-order valence-electron chi connectivity index (χ0n) is 9.75. The van der Waals surface area contributed by atoms with Crippen molar-refractivity contribution >= 4 is 11.8 Å². The lowest BCUT2D eigenvalue weighted by atomic mass is 10.1. The van der Waals surface area contributed by atoms with E-state index in [0.29, 0.717) is 5.37 Å². The monoisotopic (exact) mass is 213 g/mol. The molecule has 1 aliphatic heterocycles. The molecule has 0 amide bonds. The number of hydrogen-bond donors (Lipinski definition) is 0. The molecule has 0 aromatic rings. The molecule has 0 aromatic heterocycles. The molecule has 0 N–H and O–H groups in total. The lowest BCUT2D eigenvalue weighted by Gasteiger charge is -2.24. The maximum atomic E-state index is 2.52. The van der Waals surface area contributed by atoms with E-state index in [2.05, 4.69) is 31.1 Å². The average Bonchev–Trinajstić information content (AvgIpc) is 2.48. The van der Waals surface area contributed by atoms with Gasteiger partial charge in [-0.15, -0.1) is 11.8 Å². The van der Waals surface area contributed by atoms with Crippen LogP contribution in [0, 0.1) is 0 Å². The van der Waals surface area contributed by atoms with Gasteiger partial charge in [-0.05, 0) is 25.7 Å². The van der Waals surface area contributed by atoms with Gasteiger partial charge in [-0.1, -0.05) is 32.6 Å². The van der Waals surface area contributed by atoms with Crippen LogP contribution in [0.15, 0.2) is 11.1 Å². The molecule has 14 heavy (non-hydrogen) atoms. The lowest BCUT2D eigenvalue weighted by Crippen LogP contribution is -2.26. The molecule has 1 rings (SSSR count). The number of allylic oxidation sites excluding steroid dienone is 1. The van der Waals surface area contributed by atoms with Gasteiger partial charge in [-0.2, -0.15) is 0 Å². The second-order valence-corrected chi connectivity index (χ2v) is 5.29. The molecule has 0 saturated carbocycles. The average molecular weight is 213 g/mol. The zero-order chi connectivity index (χ0) is 10.4. The minimum absolute atomic E-state index is 0.668. The number of nitrogens with zero attached hydrogens (tertiary/aromatic N) is 1. The Bertz CT molecular complexity index is 189. The zero-order valence-corrected chi connectivity index (χ0v) is 10.6. The van der Waals surface area contributed by atoms with Gasteiger partial charge in [0.2, 0.25) is 0 Å². The molecule has 1 heterocycles. The van der Waals surface area contributed by atoms with E-state index in [0.717, 1.165) is 0 Å². The summed E-state index contributed by atoms with van der Waals surface area (Å²) in [5, 5.41) is 2.96. The number of unbranched alkanes of at least 4 members (excludes halogenated alkanes) is 4. The van der Waals surface area contributed by atoms with Gasteiger partial charge in [0.25, 0.3) is 0 Å². The number of rotatable bonds is 6. The molecule has 1 nitrogen and oxygen atoms in total. The van der Waals surface area contributed by atoms with Gasteiger partial charge >= 0.3 is 0 Å². The standard InChI is InChI=1S/C12H23NS/c1-4-5-6-7-8-9-13-11(2)10-14-12(13)3/h10,12H,4-9H2,1-3H3. The molecule has 0 radical (unpaired) electrons. The van der Waals surface area contributed by atoms with E-state index in [1.54, 1.807) is 0 Å². The molecule has 0 spiro atoms. The fraction of sp³-hybridized carbons (Fsp3) is 0.833. The molecular formula is C12H23NS. The maximum Gasteiger partial charge on any atom is 0.0760 e. The summed E-state index contributed by atoms with van der Waals surface area (Å²) in [7, 11) is 0. The highest BCUT2D eigenvalue weighted by molar-refractivity contribution is 8.02. The van der Waals surface area contributed by atoms with Crippen molar-refractivity contribution < 1.29 is 0 Å². The molecule has 1 atom stereocenters. The van der Waals surface area contributed by atoms with Crippen molar-refractivity contribution in [3.05, 3.63) is 11.1 Å². The number of hydrogen-bond acceptors (Lipinski definition) is 2. The van der Waals surface area contributed by atoms with Crippen LogP contribution < -0.4 is 0 Å². The molecule has 0 fully saturated rings. The Morgan fingerprint density at radius 2 is 2.00 bits per heavy atom. The predicted molar refractivity (Wildman–Crippen MR) is 66.3 cm³/mol. The SMILES string of the molecule is CCCCCCCN1C(C)=CSC1C. The molecule has 1 aliphatic rings. The Morgan fingerprint density at radius 3 is 2.57 bits per heavy atom. The Labute approximate surface area is 92.9 Å². The Morgan fingerprint density at radius 1 is 1.29 bits per heavy atom. The van der Waals surface area contributed by atoms with Crippen molar-refractivity contribution in [2.45, 2.75) is 58.2 Å². The van der Waals surface area contributed by atoms with Crippen LogP contribution in [0.3, 0.4) is 0 Å². The van der Waals surface area contributed by atoms with E-state index in [-0.39, 0.29) is 0 Å². The van der Waals surface area contributed by atoms with Crippen molar-refractivity contribution in [2.24, 2.45) is 0 Å². The summed E-state index contributed by atoms with van der Waals surface area (Å²) in [6.07, 6.45) is 6.91. The molecule has 2 heteroatoms. The minimum Gasteiger partial charge on any atom is -0.363 e. The van der Waals surface area contributed by atoms with E-state index in [1.807, 2.05) is 11.8 Å². The summed E-state index contributed by atoms with van der Waals surface area (Å²) in [5.41, 5.74) is 1.46. The lowest BCUT2D eigenvalue weighted by molar-refractivity contribution is 0.335. The molecule has 1 unspecified atom stereocenters. The van der Waals surface area contributed by atoms with E-state index in [1.165, 1.54) is 44.3 Å². The predicted octanol–water partition coefficient (Wildman–Crippen LogP) is 4.21. The van der Waals surface area contributed by atoms with E-state index in [4.69, 9.17) is 0 Å². The normalized spacial score (nSPS) is 21.5. The highest BCUT2D eigenvalue weighted by Gasteiger charge is 2.18. The molecule has 0 bridgehead atoms. The Hall–Kier alpha value is -0.110. The van der Waals surface area contributed by atoms with E-state index in [9.17, 15) is 0 Å². The van der Waals surface area contributed by atoms with Gasteiger partial charge in [0.15, 0.2) is 0 Å². The molecule has 0 saturated heterocycles. The molecule has 0 aliphatic carbocycles. The minimum atomic E-state index is 0.668. The Kier molecular flexibility index (Phi) is 5.46. The van der Waals surface area contributed by atoms with Crippen LogP contribution in [-0.4, -0.2) is 16.8 Å². The number of thioether (sulfide) groups is 1. The van der Waals surface area contributed by atoms with Crippen LogP contribution in [0.4, 0.5) is 0 Å².